The predicted octanol–water partition coefficient (Wildman–Crippen LogP) is -4.49. The van der Waals surface area contributed by atoms with Crippen LogP contribution < -0.4 is 103 Å². The zero-order valence-corrected chi connectivity index (χ0v) is 18.6. The second-order valence-electron chi connectivity index (χ2n) is 0.447. The van der Waals surface area contributed by atoms with Crippen molar-refractivity contribution in [3.8, 4) is 0 Å². The van der Waals surface area contributed by atoms with Crippen molar-refractivity contribution in [3.05, 3.63) is 60.7 Å². The maximum absolute atomic E-state index is 8.00. The van der Waals surface area contributed by atoms with Gasteiger partial charge in [-0.2, -0.15) is 0 Å². The Morgan fingerprint density at radius 1 is 0.381 bits per heavy atom. The summed E-state index contributed by atoms with van der Waals surface area (Å²) >= 11 is 0. The average Bonchev–Trinajstić information content (AvgIpc) is 2.23. The zero-order chi connectivity index (χ0) is 16.2. The molecule has 0 heterocycles. The fourth-order valence-electron chi connectivity index (χ4n) is 0. The van der Waals surface area contributed by atoms with Crippen LogP contribution in [0.1, 0.15) is 0 Å². The van der Waals surface area contributed by atoms with Crippen LogP contribution in [0.4, 0.5) is 0 Å². The van der Waals surface area contributed by atoms with Crippen LogP contribution in [0, 0.1) is 60.7 Å². The summed E-state index contributed by atoms with van der Waals surface area (Å²) < 4.78 is 0. The SMILES string of the molecule is O=N[O-].O=N[O-].O=N[O-].O=N[O-].O=N[O-].O=N[O-].[Ir].[K+].[K+]. The Hall–Kier alpha value is 0.322. The van der Waals surface area contributed by atoms with Gasteiger partial charge in [0.1, 0.15) is 0 Å². The van der Waals surface area contributed by atoms with E-state index in [0.29, 0.717) is 0 Å². The standard InChI is InChI=1S/Ir.2K.6HNO2/c;;;6*2-1-3/h;;;6*(H,2,3)/q;2*+1;;;;;;/p-6. The molecule has 1 radical (unpaired) electrons. The zero-order valence-electron chi connectivity index (χ0n) is 9.92. The second-order valence-corrected chi connectivity index (χ2v) is 0.447. The molecular weight excluding hydrogens is 546 g/mol. The topological polar surface area (TPSA) is 315 Å². The molecule has 0 atom stereocenters. The van der Waals surface area contributed by atoms with Crippen molar-refractivity contribution < 1.29 is 123 Å². The molecule has 21 heavy (non-hydrogen) atoms. The first-order valence-electron chi connectivity index (χ1n) is 2.19. The Balaban J connectivity index is -0.0000000114. The fourth-order valence-corrected chi connectivity index (χ4v) is 0. The first-order valence-corrected chi connectivity index (χ1v) is 2.19. The van der Waals surface area contributed by atoms with Gasteiger partial charge in [-0.25, -0.2) is 0 Å². The van der Waals surface area contributed by atoms with Crippen molar-refractivity contribution in [1.29, 1.82) is 0 Å². The third-order valence-corrected chi connectivity index (χ3v) is 0. The molecule has 0 amide bonds. The van der Waals surface area contributed by atoms with Gasteiger partial charge in [-0.1, -0.05) is 0 Å². The maximum atomic E-state index is 8.00. The van der Waals surface area contributed by atoms with Crippen molar-refractivity contribution in [2.75, 3.05) is 0 Å². The van der Waals surface area contributed by atoms with Gasteiger partial charge in [-0.3, -0.25) is 0 Å². The minimum Gasteiger partial charge on any atom is -0.444 e. The Labute approximate surface area is 211 Å². The van der Waals surface area contributed by atoms with E-state index in [1.807, 2.05) is 0 Å². The molecule has 0 saturated heterocycles. The minimum absolute atomic E-state index is 0. The normalized spacial score (nSPS) is 3.43. The summed E-state index contributed by atoms with van der Waals surface area (Å²) in [7, 11) is 0. The fraction of sp³-hybridized carbons (Fsp3) is 0. The van der Waals surface area contributed by atoms with E-state index in [9.17, 15) is 0 Å². The van der Waals surface area contributed by atoms with Gasteiger partial charge in [0.25, 0.3) is 0 Å². The molecule has 0 aromatic heterocycles. The summed E-state index contributed by atoms with van der Waals surface area (Å²) in [5.74, 6) is 0. The molecule has 0 N–H and O–H groups in total. The van der Waals surface area contributed by atoms with Crippen LogP contribution in [0.15, 0.2) is 32.0 Å². The molecule has 117 valence electrons. The second kappa shape index (κ2) is 190. The third kappa shape index (κ3) is 65800. The Bertz CT molecular complexity index is 123. The average molecular weight is 546 g/mol. The van der Waals surface area contributed by atoms with E-state index in [1.54, 1.807) is 0 Å². The monoisotopic (exact) mass is 547 g/mol. The van der Waals surface area contributed by atoms with E-state index in [0.717, 1.165) is 32.0 Å². The van der Waals surface area contributed by atoms with E-state index in [4.69, 9.17) is 60.7 Å². The van der Waals surface area contributed by atoms with E-state index >= 15 is 0 Å². The van der Waals surface area contributed by atoms with Gasteiger partial charge < -0.3 is 60.7 Å². The molecule has 0 fully saturated rings. The number of rotatable bonds is 0. The molecule has 0 saturated carbocycles. The van der Waals surface area contributed by atoms with Crippen LogP contribution in [0.25, 0.3) is 0 Å². The third-order valence-electron chi connectivity index (χ3n) is 0. The molecule has 0 rings (SSSR count). The van der Waals surface area contributed by atoms with Crippen molar-refractivity contribution in [3.63, 3.8) is 0 Å². The van der Waals surface area contributed by atoms with Crippen LogP contribution in [-0.2, 0) is 20.1 Å². The largest absolute Gasteiger partial charge is 1.00 e. The van der Waals surface area contributed by atoms with Crippen LogP contribution in [0.3, 0.4) is 0 Å². The number of hydrogen-bond acceptors (Lipinski definition) is 18. The quantitative estimate of drug-likeness (QED) is 0.158. The smallest absolute Gasteiger partial charge is 0.444 e. The van der Waals surface area contributed by atoms with Gasteiger partial charge in [-0.05, 0) is 0 Å². The molecular formula is IrK2N6O12-4. The van der Waals surface area contributed by atoms with Crippen LogP contribution >= 0.6 is 0 Å². The minimum atomic E-state index is 0. The molecule has 0 bridgehead atoms. The molecule has 0 aliphatic heterocycles. The summed E-state index contributed by atoms with van der Waals surface area (Å²) in [6, 6.07) is 0. The predicted molar refractivity (Wildman–Crippen MR) is 55.0 cm³/mol. The molecule has 0 spiro atoms. The molecule has 18 nitrogen and oxygen atoms in total. The summed E-state index contributed by atoms with van der Waals surface area (Å²) in [5, 5.41) is 54.0. The van der Waals surface area contributed by atoms with Gasteiger partial charge in [-0.15, -0.1) is 32.0 Å². The van der Waals surface area contributed by atoms with Crippen LogP contribution in [-0.4, -0.2) is 0 Å². The Kier molecular flexibility index (Phi) is 524. The summed E-state index contributed by atoms with van der Waals surface area (Å²) in [5.41, 5.74) is 0. The van der Waals surface area contributed by atoms with Gasteiger partial charge in [0.2, 0.25) is 0 Å². The van der Waals surface area contributed by atoms with E-state index in [-0.39, 0.29) is 123 Å². The first kappa shape index (κ1) is 58.0. The van der Waals surface area contributed by atoms with Crippen LogP contribution in [0.2, 0.25) is 0 Å². The van der Waals surface area contributed by atoms with Crippen molar-refractivity contribution >= 4 is 0 Å². The van der Waals surface area contributed by atoms with E-state index in [1.165, 1.54) is 0 Å². The van der Waals surface area contributed by atoms with Crippen molar-refractivity contribution in [1.82, 2.24) is 0 Å². The van der Waals surface area contributed by atoms with Gasteiger partial charge in [0, 0.05) is 20.1 Å². The summed E-state index contributed by atoms with van der Waals surface area (Å²) in [4.78, 5) is 48.0. The Morgan fingerprint density at radius 2 is 0.381 bits per heavy atom. The molecule has 0 aliphatic rings. The number of nitrogens with zero attached hydrogens (tertiary/aromatic N) is 6. The van der Waals surface area contributed by atoms with Gasteiger partial charge >= 0.3 is 103 Å². The number of hydrogen-bond donors (Lipinski definition) is 0. The molecule has 0 aromatic carbocycles. The first-order chi connectivity index (χ1) is 8.49. The molecule has 21 heteroatoms. The molecule has 0 unspecified atom stereocenters. The van der Waals surface area contributed by atoms with Gasteiger partial charge in [0.15, 0.2) is 0 Å². The summed E-state index contributed by atoms with van der Waals surface area (Å²) in [6.07, 6.45) is 0. The van der Waals surface area contributed by atoms with Crippen molar-refractivity contribution in [2.45, 2.75) is 0 Å². The van der Waals surface area contributed by atoms with E-state index in [2.05, 4.69) is 0 Å². The maximum Gasteiger partial charge on any atom is 1.00 e. The van der Waals surface area contributed by atoms with Crippen molar-refractivity contribution in [2.24, 2.45) is 32.0 Å². The summed E-state index contributed by atoms with van der Waals surface area (Å²) in [6.45, 7) is 0. The van der Waals surface area contributed by atoms with E-state index < -0.39 is 0 Å². The van der Waals surface area contributed by atoms with Crippen LogP contribution in [0.5, 0.6) is 0 Å². The van der Waals surface area contributed by atoms with Gasteiger partial charge in [0.05, 0.1) is 0 Å². The molecule has 0 aliphatic carbocycles. The Morgan fingerprint density at radius 3 is 0.381 bits per heavy atom. The molecule has 0 aromatic rings.